The monoisotopic (exact) mass is 267 g/mol. The summed E-state index contributed by atoms with van der Waals surface area (Å²) < 4.78 is 1.34. The van der Waals surface area contributed by atoms with Gasteiger partial charge in [-0.1, -0.05) is 0 Å². The van der Waals surface area contributed by atoms with Crippen molar-refractivity contribution < 1.29 is 9.90 Å². The minimum absolute atomic E-state index is 0.00806. The largest absolute Gasteiger partial charge is 0.394 e. The zero-order valence-corrected chi connectivity index (χ0v) is 10.8. The lowest BCUT2D eigenvalue weighted by molar-refractivity contribution is 0.0680. The van der Waals surface area contributed by atoms with Crippen molar-refractivity contribution in [3.8, 4) is 0 Å². The number of carbonyl (C=O) groups excluding carboxylic acids is 1. The Labute approximate surface area is 107 Å². The Kier molecular flexibility index (Phi) is 3.44. The number of aliphatic hydroxyl groups is 1. The van der Waals surface area contributed by atoms with Crippen molar-refractivity contribution in [3.05, 3.63) is 33.7 Å². The van der Waals surface area contributed by atoms with Crippen LogP contribution >= 0.6 is 11.3 Å². The summed E-state index contributed by atoms with van der Waals surface area (Å²) in [4.78, 5) is 30.1. The maximum Gasteiger partial charge on any atom is 0.271 e. The van der Waals surface area contributed by atoms with Crippen molar-refractivity contribution >= 4 is 22.2 Å². The van der Waals surface area contributed by atoms with Gasteiger partial charge in [0.05, 0.1) is 12.6 Å². The molecular formula is C11H13N3O3S. The van der Waals surface area contributed by atoms with Crippen LogP contribution in [-0.2, 0) is 0 Å². The molecule has 0 bridgehead atoms. The van der Waals surface area contributed by atoms with Gasteiger partial charge in [0.15, 0.2) is 4.96 Å². The number of hydrogen-bond acceptors (Lipinski definition) is 5. The summed E-state index contributed by atoms with van der Waals surface area (Å²) >= 11 is 1.33. The van der Waals surface area contributed by atoms with Crippen molar-refractivity contribution in [2.75, 3.05) is 13.7 Å². The number of likely N-dealkylation sites (N-methyl/N-ethyl adjacent to an activating group) is 1. The molecule has 2 rings (SSSR count). The number of rotatable bonds is 3. The first-order valence-electron chi connectivity index (χ1n) is 5.39. The Morgan fingerprint density at radius 2 is 2.39 bits per heavy atom. The average molecular weight is 267 g/mol. The normalized spacial score (nSPS) is 12.6. The van der Waals surface area contributed by atoms with Crippen LogP contribution in [0.4, 0.5) is 0 Å². The number of nitrogens with zero attached hydrogens (tertiary/aromatic N) is 3. The SMILES string of the molecule is CC(CO)N(C)C(=O)c1cnc2sccn2c1=O. The number of fused-ring (bicyclic) bond motifs is 1. The van der Waals surface area contributed by atoms with Gasteiger partial charge in [0.25, 0.3) is 11.5 Å². The van der Waals surface area contributed by atoms with E-state index in [0.29, 0.717) is 4.96 Å². The highest BCUT2D eigenvalue weighted by atomic mass is 32.1. The first-order valence-corrected chi connectivity index (χ1v) is 6.27. The molecule has 1 amide bonds. The van der Waals surface area contributed by atoms with E-state index in [4.69, 9.17) is 5.11 Å². The quantitative estimate of drug-likeness (QED) is 0.862. The van der Waals surface area contributed by atoms with Crippen LogP contribution in [0.15, 0.2) is 22.6 Å². The van der Waals surface area contributed by atoms with Crippen molar-refractivity contribution in [1.29, 1.82) is 0 Å². The molecule has 7 heteroatoms. The molecule has 2 aromatic rings. The minimum atomic E-state index is -0.436. The van der Waals surface area contributed by atoms with Gasteiger partial charge < -0.3 is 10.0 Å². The first kappa shape index (κ1) is 12.7. The molecule has 0 radical (unpaired) electrons. The van der Waals surface area contributed by atoms with Crippen LogP contribution in [-0.4, -0.2) is 45.0 Å². The molecule has 0 aliphatic heterocycles. The highest BCUT2D eigenvalue weighted by molar-refractivity contribution is 7.15. The molecular weight excluding hydrogens is 254 g/mol. The van der Waals surface area contributed by atoms with E-state index in [2.05, 4.69) is 4.98 Å². The Morgan fingerprint density at radius 1 is 1.67 bits per heavy atom. The molecule has 96 valence electrons. The fourth-order valence-corrected chi connectivity index (χ4v) is 2.16. The molecule has 2 aromatic heterocycles. The van der Waals surface area contributed by atoms with Crippen molar-refractivity contribution in [1.82, 2.24) is 14.3 Å². The van der Waals surface area contributed by atoms with Crippen molar-refractivity contribution in [3.63, 3.8) is 0 Å². The lowest BCUT2D eigenvalue weighted by Gasteiger charge is -2.22. The number of carbonyl (C=O) groups is 1. The van der Waals surface area contributed by atoms with Crippen LogP contribution in [0.25, 0.3) is 4.96 Å². The van der Waals surface area contributed by atoms with Crippen molar-refractivity contribution in [2.45, 2.75) is 13.0 Å². The highest BCUT2D eigenvalue weighted by Crippen LogP contribution is 2.07. The molecule has 0 saturated carbocycles. The first-order chi connectivity index (χ1) is 8.56. The van der Waals surface area contributed by atoms with Gasteiger partial charge in [-0.3, -0.25) is 14.0 Å². The average Bonchev–Trinajstić information content (AvgIpc) is 2.86. The van der Waals surface area contributed by atoms with Gasteiger partial charge in [-0.2, -0.15) is 0 Å². The molecule has 0 fully saturated rings. The minimum Gasteiger partial charge on any atom is -0.394 e. The maximum atomic E-state index is 12.1. The van der Waals surface area contributed by atoms with Crippen LogP contribution in [0.3, 0.4) is 0 Å². The Morgan fingerprint density at radius 3 is 3.06 bits per heavy atom. The second kappa shape index (κ2) is 4.87. The lowest BCUT2D eigenvalue weighted by atomic mass is 10.2. The van der Waals surface area contributed by atoms with Crippen LogP contribution < -0.4 is 5.56 Å². The summed E-state index contributed by atoms with van der Waals surface area (Å²) in [6, 6.07) is -0.347. The molecule has 0 spiro atoms. The second-order valence-electron chi connectivity index (χ2n) is 3.98. The van der Waals surface area contributed by atoms with Gasteiger partial charge in [-0.05, 0) is 6.92 Å². The van der Waals surface area contributed by atoms with Crippen LogP contribution in [0.1, 0.15) is 17.3 Å². The molecule has 1 unspecified atom stereocenters. The predicted octanol–water partition coefficient (Wildman–Crippen LogP) is 0.209. The topological polar surface area (TPSA) is 74.9 Å². The van der Waals surface area contributed by atoms with E-state index in [0.717, 1.165) is 0 Å². The summed E-state index contributed by atoms with van der Waals surface area (Å²) in [5, 5.41) is 10.8. The summed E-state index contributed by atoms with van der Waals surface area (Å²) in [7, 11) is 1.55. The third kappa shape index (κ3) is 2.02. The van der Waals surface area contributed by atoms with Gasteiger partial charge >= 0.3 is 0 Å². The van der Waals surface area contributed by atoms with E-state index in [1.54, 1.807) is 25.5 Å². The van der Waals surface area contributed by atoms with E-state index in [1.165, 1.54) is 26.8 Å². The van der Waals surface area contributed by atoms with Crippen LogP contribution in [0.2, 0.25) is 0 Å². The van der Waals surface area contributed by atoms with E-state index in [9.17, 15) is 9.59 Å². The third-order valence-electron chi connectivity index (χ3n) is 2.82. The third-order valence-corrected chi connectivity index (χ3v) is 3.59. The number of hydrogen-bond donors (Lipinski definition) is 1. The summed E-state index contributed by atoms with van der Waals surface area (Å²) in [5.74, 6) is -0.436. The van der Waals surface area contributed by atoms with Crippen molar-refractivity contribution in [2.24, 2.45) is 0 Å². The molecule has 1 atom stereocenters. The Balaban J connectivity index is 2.45. The molecule has 18 heavy (non-hydrogen) atoms. The maximum absolute atomic E-state index is 12.1. The number of amides is 1. The fraction of sp³-hybridized carbons (Fsp3) is 0.364. The molecule has 0 aliphatic carbocycles. The zero-order valence-electron chi connectivity index (χ0n) is 10.0. The molecule has 2 heterocycles. The van der Waals surface area contributed by atoms with Gasteiger partial charge in [0, 0.05) is 24.8 Å². The molecule has 1 N–H and O–H groups in total. The number of thiazole rings is 1. The van der Waals surface area contributed by atoms with Gasteiger partial charge in [0.2, 0.25) is 0 Å². The lowest BCUT2D eigenvalue weighted by Crippen LogP contribution is -2.40. The molecule has 6 nitrogen and oxygen atoms in total. The molecule has 0 aliphatic rings. The van der Waals surface area contributed by atoms with E-state index in [1.807, 2.05) is 0 Å². The molecule has 0 saturated heterocycles. The fourth-order valence-electron chi connectivity index (χ4n) is 1.48. The van der Waals surface area contributed by atoms with Gasteiger partial charge in [-0.15, -0.1) is 11.3 Å². The summed E-state index contributed by atoms with van der Waals surface area (Å²) in [6.07, 6.45) is 2.87. The van der Waals surface area contributed by atoms with Crippen LogP contribution in [0.5, 0.6) is 0 Å². The van der Waals surface area contributed by atoms with Crippen LogP contribution in [0, 0.1) is 0 Å². The summed E-state index contributed by atoms with van der Waals surface area (Å²) in [6.45, 7) is 1.55. The molecule has 0 aromatic carbocycles. The standard InChI is InChI=1S/C11H13N3O3S/c1-7(6-15)13(2)9(16)8-5-12-11-14(10(8)17)3-4-18-11/h3-5,7,15H,6H2,1-2H3. The van der Waals surface area contributed by atoms with Gasteiger partial charge in [0.1, 0.15) is 5.56 Å². The smallest absolute Gasteiger partial charge is 0.271 e. The number of aliphatic hydroxyl groups excluding tert-OH is 1. The number of aromatic nitrogens is 2. The van der Waals surface area contributed by atoms with Gasteiger partial charge in [-0.25, -0.2) is 4.98 Å². The van der Waals surface area contributed by atoms with E-state index in [-0.39, 0.29) is 23.8 Å². The zero-order chi connectivity index (χ0) is 13.3. The van der Waals surface area contributed by atoms with E-state index >= 15 is 0 Å². The second-order valence-corrected chi connectivity index (χ2v) is 4.85. The Bertz CT molecular complexity index is 634. The summed E-state index contributed by atoms with van der Waals surface area (Å²) in [5.41, 5.74) is -0.378. The highest BCUT2D eigenvalue weighted by Gasteiger charge is 2.21. The predicted molar refractivity (Wildman–Crippen MR) is 68.0 cm³/mol. The Hall–Kier alpha value is -1.73. The van der Waals surface area contributed by atoms with E-state index < -0.39 is 5.91 Å².